The first-order valence-electron chi connectivity index (χ1n) is 13.4. The summed E-state index contributed by atoms with van der Waals surface area (Å²) < 4.78 is 20.1. The van der Waals surface area contributed by atoms with Crippen molar-refractivity contribution in [3.63, 3.8) is 0 Å². The van der Waals surface area contributed by atoms with Crippen molar-refractivity contribution >= 4 is 11.8 Å². The fraction of sp³-hybridized carbons (Fsp3) is 0.481. The first-order chi connectivity index (χ1) is 19.5. The number of aromatic nitrogens is 5. The maximum absolute atomic E-state index is 13.2. The Kier molecular flexibility index (Phi) is 10.7. The van der Waals surface area contributed by atoms with Crippen molar-refractivity contribution in [2.75, 3.05) is 45.8 Å². The van der Waals surface area contributed by atoms with Crippen LogP contribution in [-0.2, 0) is 22.7 Å². The molecule has 2 N–H and O–H groups in total. The first-order valence-corrected chi connectivity index (χ1v) is 13.4. The Morgan fingerprint density at radius 3 is 2.33 bits per heavy atom. The lowest BCUT2D eigenvalue weighted by molar-refractivity contribution is -0.123. The van der Waals surface area contributed by atoms with Crippen LogP contribution in [0.2, 0.25) is 0 Å². The van der Waals surface area contributed by atoms with Gasteiger partial charge in [-0.1, -0.05) is 16.3 Å². The molecule has 40 heavy (non-hydrogen) atoms. The summed E-state index contributed by atoms with van der Waals surface area (Å²) in [5.41, 5.74) is 1.35. The molecule has 13 heteroatoms. The van der Waals surface area contributed by atoms with Gasteiger partial charge in [0.2, 0.25) is 23.5 Å². The van der Waals surface area contributed by atoms with Crippen LogP contribution in [0.25, 0.3) is 11.4 Å². The maximum atomic E-state index is 13.2. The van der Waals surface area contributed by atoms with Crippen LogP contribution >= 0.6 is 0 Å². The zero-order valence-corrected chi connectivity index (χ0v) is 22.4. The molecule has 1 aliphatic heterocycles. The fourth-order valence-electron chi connectivity index (χ4n) is 4.34. The fourth-order valence-corrected chi connectivity index (χ4v) is 4.34. The number of amides is 2. The predicted molar refractivity (Wildman–Crippen MR) is 144 cm³/mol. The van der Waals surface area contributed by atoms with E-state index >= 15 is 0 Å². The van der Waals surface area contributed by atoms with Crippen LogP contribution in [-0.4, -0.2) is 92.6 Å². The van der Waals surface area contributed by atoms with E-state index in [1.165, 1.54) is 12.1 Å². The number of hydrogen-bond donors (Lipinski definition) is 2. The van der Waals surface area contributed by atoms with E-state index in [0.717, 1.165) is 25.7 Å². The van der Waals surface area contributed by atoms with E-state index < -0.39 is 0 Å². The topological polar surface area (TPSA) is 134 Å². The van der Waals surface area contributed by atoms with E-state index in [1.54, 1.807) is 23.0 Å². The van der Waals surface area contributed by atoms with Crippen LogP contribution in [0.5, 0.6) is 0 Å². The van der Waals surface area contributed by atoms with Gasteiger partial charge in [-0.3, -0.25) is 19.4 Å². The molecule has 0 radical (unpaired) electrons. The number of carbonyl (C=O) groups is 2. The molecule has 4 rings (SSSR count). The van der Waals surface area contributed by atoms with Gasteiger partial charge in [-0.15, -0.1) is 11.5 Å². The van der Waals surface area contributed by atoms with Gasteiger partial charge in [0.05, 0.1) is 31.5 Å². The monoisotopic (exact) mass is 551 g/mol. The second-order valence-corrected chi connectivity index (χ2v) is 9.67. The van der Waals surface area contributed by atoms with Crippen LogP contribution in [0.15, 0.2) is 35.0 Å². The van der Waals surface area contributed by atoms with Gasteiger partial charge < -0.3 is 15.2 Å². The second-order valence-electron chi connectivity index (χ2n) is 9.67. The Balaban J connectivity index is 1.35. The van der Waals surface area contributed by atoms with Crippen molar-refractivity contribution in [3.05, 3.63) is 47.9 Å². The molecule has 2 aromatic heterocycles. The van der Waals surface area contributed by atoms with Crippen molar-refractivity contribution < 1.29 is 18.5 Å². The van der Waals surface area contributed by atoms with E-state index in [9.17, 15) is 14.0 Å². The molecule has 3 heterocycles. The highest BCUT2D eigenvalue weighted by atomic mass is 19.1. The lowest BCUT2D eigenvalue weighted by Crippen LogP contribution is -2.40. The summed E-state index contributed by atoms with van der Waals surface area (Å²) in [7, 11) is 0. The minimum atomic E-state index is -0.339. The zero-order valence-electron chi connectivity index (χ0n) is 22.4. The molecule has 2 amide bonds. The van der Waals surface area contributed by atoms with Crippen LogP contribution < -0.4 is 10.6 Å². The molecule has 0 bridgehead atoms. The third-order valence-corrected chi connectivity index (χ3v) is 6.34. The molecule has 1 fully saturated rings. The minimum Gasteiger partial charge on any atom is -0.355 e. The van der Waals surface area contributed by atoms with Gasteiger partial charge in [-0.25, -0.2) is 9.07 Å². The van der Waals surface area contributed by atoms with Crippen molar-refractivity contribution in [1.82, 2.24) is 45.6 Å². The molecule has 0 atom stereocenters. The SMILES string of the molecule is C#CCN1CCCCN(Cc2cn(Cc3nc(-c4ccc(F)cc4)no3)nn2)CC(=O)NCCCCNC(=O)C1. The highest BCUT2D eigenvalue weighted by molar-refractivity contribution is 5.78. The number of carbonyl (C=O) groups excluding carboxylic acids is 2. The number of nitrogens with zero attached hydrogens (tertiary/aromatic N) is 7. The number of rotatable bonds is 6. The van der Waals surface area contributed by atoms with Crippen molar-refractivity contribution in [3.8, 4) is 23.7 Å². The van der Waals surface area contributed by atoms with Gasteiger partial charge in [0.15, 0.2) is 0 Å². The Bertz CT molecular complexity index is 1280. The largest absolute Gasteiger partial charge is 0.355 e. The highest BCUT2D eigenvalue weighted by Gasteiger charge is 2.16. The lowest BCUT2D eigenvalue weighted by Gasteiger charge is -2.23. The highest BCUT2D eigenvalue weighted by Crippen LogP contribution is 2.16. The number of hydrogen-bond acceptors (Lipinski definition) is 9. The summed E-state index contributed by atoms with van der Waals surface area (Å²) in [6.45, 7) is 4.06. The van der Waals surface area contributed by atoms with Gasteiger partial charge in [0.1, 0.15) is 12.4 Å². The van der Waals surface area contributed by atoms with Gasteiger partial charge in [0, 0.05) is 25.2 Å². The molecule has 0 spiro atoms. The summed E-state index contributed by atoms with van der Waals surface area (Å²) >= 11 is 0. The average molecular weight is 552 g/mol. The summed E-state index contributed by atoms with van der Waals surface area (Å²) in [6, 6.07) is 5.84. The predicted octanol–water partition coefficient (Wildman–Crippen LogP) is 1.06. The average Bonchev–Trinajstić information content (AvgIpc) is 3.58. The van der Waals surface area contributed by atoms with E-state index in [4.69, 9.17) is 10.9 Å². The minimum absolute atomic E-state index is 0.0386. The zero-order chi connectivity index (χ0) is 28.2. The molecular formula is C27H34FN9O3. The normalized spacial score (nSPS) is 17.2. The number of benzene rings is 1. The van der Waals surface area contributed by atoms with E-state index in [-0.39, 0.29) is 37.3 Å². The van der Waals surface area contributed by atoms with Crippen molar-refractivity contribution in [1.29, 1.82) is 0 Å². The molecule has 12 nitrogen and oxygen atoms in total. The van der Waals surface area contributed by atoms with E-state index in [1.807, 2.05) is 9.80 Å². The van der Waals surface area contributed by atoms with Gasteiger partial charge in [-0.05, 0) is 63.0 Å². The summed E-state index contributed by atoms with van der Waals surface area (Å²) in [5, 5.41) is 18.3. The molecular weight excluding hydrogens is 517 g/mol. The smallest absolute Gasteiger partial charge is 0.248 e. The van der Waals surface area contributed by atoms with Crippen LogP contribution in [0.1, 0.15) is 37.3 Å². The quantitative estimate of drug-likeness (QED) is 0.431. The van der Waals surface area contributed by atoms with Crippen molar-refractivity contribution in [2.45, 2.75) is 38.8 Å². The third-order valence-electron chi connectivity index (χ3n) is 6.34. The summed E-state index contributed by atoms with van der Waals surface area (Å²) in [5.74, 6) is 2.89. The van der Waals surface area contributed by atoms with Crippen LogP contribution in [0, 0.1) is 18.2 Å². The first kappa shape index (κ1) is 28.8. The summed E-state index contributed by atoms with van der Waals surface area (Å²) in [4.78, 5) is 33.2. The molecule has 0 saturated carbocycles. The molecule has 3 aromatic rings. The number of terminal acetylenes is 1. The molecule has 0 unspecified atom stereocenters. The Morgan fingerprint density at radius 1 is 0.950 bits per heavy atom. The Labute approximate surface area is 232 Å². The third kappa shape index (κ3) is 9.25. The van der Waals surface area contributed by atoms with Crippen LogP contribution in [0.3, 0.4) is 0 Å². The van der Waals surface area contributed by atoms with E-state index in [2.05, 4.69) is 37.0 Å². The van der Waals surface area contributed by atoms with E-state index in [0.29, 0.717) is 62.2 Å². The second kappa shape index (κ2) is 14.9. The maximum Gasteiger partial charge on any atom is 0.248 e. The van der Waals surface area contributed by atoms with Gasteiger partial charge >= 0.3 is 0 Å². The van der Waals surface area contributed by atoms with Gasteiger partial charge in [0.25, 0.3) is 0 Å². The number of halogens is 1. The Morgan fingerprint density at radius 2 is 1.62 bits per heavy atom. The number of nitrogens with one attached hydrogen (secondary N) is 2. The standard InChI is InChI=1S/C27H34FN9O3/c1-2-13-35-14-5-6-15-36(19-25(39)30-12-4-3-11-29-24(38)18-35)16-23-17-37(34-32-23)20-26-31-27(33-40-26)21-7-9-22(28)10-8-21/h1,7-10,17H,3-6,11-16,18-20H2,(H,29,38)(H,30,39). The molecule has 212 valence electrons. The van der Waals surface area contributed by atoms with Crippen molar-refractivity contribution in [2.24, 2.45) is 0 Å². The molecule has 0 aliphatic carbocycles. The van der Waals surface area contributed by atoms with Crippen LogP contribution in [0.4, 0.5) is 4.39 Å². The molecule has 1 aliphatic rings. The molecule has 1 saturated heterocycles. The molecule has 1 aromatic carbocycles. The summed E-state index contributed by atoms with van der Waals surface area (Å²) in [6.07, 6.45) is 10.5. The van der Waals surface area contributed by atoms with Gasteiger partial charge in [-0.2, -0.15) is 4.98 Å². The lowest BCUT2D eigenvalue weighted by atomic mass is 10.2. The Hall–Kier alpha value is -4.15.